The molecule has 0 radical (unpaired) electrons. The smallest absolute Gasteiger partial charge is 0.356 e. The van der Waals surface area contributed by atoms with E-state index in [-0.39, 0.29) is 5.69 Å². The molecule has 0 atom stereocenters. The summed E-state index contributed by atoms with van der Waals surface area (Å²) in [6.07, 6.45) is 0. The molecule has 0 amide bonds. The molecule has 0 saturated heterocycles. The zero-order valence-corrected chi connectivity index (χ0v) is 14.3. The average molecular weight is 387 g/mol. The number of thioether (sulfide) groups is 1. The van der Waals surface area contributed by atoms with Crippen molar-refractivity contribution in [2.45, 2.75) is 10.6 Å². The third-order valence-electron chi connectivity index (χ3n) is 3.75. The van der Waals surface area contributed by atoms with Crippen LogP contribution in [0.2, 0.25) is 0 Å². The predicted octanol–water partition coefficient (Wildman–Crippen LogP) is 4.61. The lowest BCUT2D eigenvalue weighted by atomic mass is 10.1. The third kappa shape index (κ3) is 2.38. The van der Waals surface area contributed by atoms with Gasteiger partial charge in [-0.1, -0.05) is 40.2 Å². The van der Waals surface area contributed by atoms with Crippen LogP contribution in [0.4, 0.5) is 0 Å². The SMILES string of the molecule is O=C(O)c1nn(-c2cccc(Br)c2)c2c1CSc1ccccc1-2. The summed E-state index contributed by atoms with van der Waals surface area (Å²) >= 11 is 5.11. The summed E-state index contributed by atoms with van der Waals surface area (Å²) in [5.74, 6) is -0.378. The van der Waals surface area contributed by atoms with Gasteiger partial charge in [-0.2, -0.15) is 5.10 Å². The summed E-state index contributed by atoms with van der Waals surface area (Å²) in [5.41, 5.74) is 3.64. The van der Waals surface area contributed by atoms with Crippen molar-refractivity contribution < 1.29 is 9.90 Å². The number of halogens is 1. The Balaban J connectivity index is 2.04. The van der Waals surface area contributed by atoms with Crippen molar-refractivity contribution in [2.24, 2.45) is 0 Å². The van der Waals surface area contributed by atoms with Gasteiger partial charge in [0.25, 0.3) is 0 Å². The maximum absolute atomic E-state index is 11.6. The molecule has 2 aromatic carbocycles. The van der Waals surface area contributed by atoms with Crippen LogP contribution in [0.3, 0.4) is 0 Å². The zero-order chi connectivity index (χ0) is 16.0. The van der Waals surface area contributed by atoms with Gasteiger partial charge in [0.1, 0.15) is 0 Å². The molecule has 23 heavy (non-hydrogen) atoms. The minimum Gasteiger partial charge on any atom is -0.476 e. The molecule has 114 valence electrons. The highest BCUT2D eigenvalue weighted by atomic mass is 79.9. The summed E-state index contributed by atoms with van der Waals surface area (Å²) in [5, 5.41) is 13.9. The van der Waals surface area contributed by atoms with E-state index in [0.29, 0.717) is 5.75 Å². The minimum absolute atomic E-state index is 0.127. The molecule has 4 rings (SSSR count). The lowest BCUT2D eigenvalue weighted by Gasteiger charge is -2.18. The minimum atomic E-state index is -0.991. The quantitative estimate of drug-likeness (QED) is 0.698. The molecule has 1 aromatic heterocycles. The largest absolute Gasteiger partial charge is 0.476 e. The van der Waals surface area contributed by atoms with Crippen molar-refractivity contribution in [1.82, 2.24) is 9.78 Å². The van der Waals surface area contributed by atoms with Crippen molar-refractivity contribution in [3.8, 4) is 16.9 Å². The molecular formula is C17H11BrN2O2S. The fourth-order valence-corrected chi connectivity index (χ4v) is 4.22. The summed E-state index contributed by atoms with van der Waals surface area (Å²) in [4.78, 5) is 12.7. The van der Waals surface area contributed by atoms with Crippen LogP contribution in [0.25, 0.3) is 16.9 Å². The Labute approximate surface area is 145 Å². The lowest BCUT2D eigenvalue weighted by Crippen LogP contribution is -2.03. The molecule has 0 unspecified atom stereocenters. The predicted molar refractivity (Wildman–Crippen MR) is 93.2 cm³/mol. The molecule has 2 heterocycles. The monoisotopic (exact) mass is 386 g/mol. The summed E-state index contributed by atoms with van der Waals surface area (Å²) in [7, 11) is 0. The number of hydrogen-bond donors (Lipinski definition) is 1. The zero-order valence-electron chi connectivity index (χ0n) is 11.9. The fraction of sp³-hybridized carbons (Fsp3) is 0.0588. The molecule has 1 aliphatic rings. The molecule has 0 bridgehead atoms. The van der Waals surface area contributed by atoms with E-state index in [2.05, 4.69) is 27.1 Å². The van der Waals surface area contributed by atoms with Gasteiger partial charge in [0.2, 0.25) is 0 Å². The van der Waals surface area contributed by atoms with Gasteiger partial charge in [-0.25, -0.2) is 9.48 Å². The normalized spacial score (nSPS) is 12.6. The number of nitrogens with zero attached hydrogens (tertiary/aromatic N) is 2. The first kappa shape index (κ1) is 14.5. The van der Waals surface area contributed by atoms with Crippen molar-refractivity contribution in [3.63, 3.8) is 0 Å². The van der Waals surface area contributed by atoms with E-state index in [9.17, 15) is 9.90 Å². The number of carboxylic acid groups (broad SMARTS) is 1. The van der Waals surface area contributed by atoms with Gasteiger partial charge in [0, 0.05) is 26.2 Å². The highest BCUT2D eigenvalue weighted by molar-refractivity contribution is 9.10. The van der Waals surface area contributed by atoms with E-state index >= 15 is 0 Å². The van der Waals surface area contributed by atoms with Crippen LogP contribution in [0.15, 0.2) is 57.9 Å². The second-order valence-corrected chi connectivity index (χ2v) is 7.09. The first-order valence-corrected chi connectivity index (χ1v) is 8.76. The number of aromatic nitrogens is 2. The Morgan fingerprint density at radius 3 is 2.83 bits per heavy atom. The van der Waals surface area contributed by atoms with Crippen LogP contribution in [-0.4, -0.2) is 20.9 Å². The molecule has 1 N–H and O–H groups in total. The van der Waals surface area contributed by atoms with Gasteiger partial charge in [-0.3, -0.25) is 0 Å². The summed E-state index contributed by atoms with van der Waals surface area (Å²) in [6, 6.07) is 15.7. The molecule has 6 heteroatoms. The molecule has 0 saturated carbocycles. The van der Waals surface area contributed by atoms with Crippen LogP contribution in [0.1, 0.15) is 16.1 Å². The molecule has 0 fully saturated rings. The van der Waals surface area contributed by atoms with Crippen molar-refractivity contribution in [1.29, 1.82) is 0 Å². The maximum atomic E-state index is 11.6. The highest BCUT2D eigenvalue weighted by Gasteiger charge is 2.28. The van der Waals surface area contributed by atoms with E-state index in [1.165, 1.54) is 0 Å². The van der Waals surface area contributed by atoms with Crippen molar-refractivity contribution in [2.75, 3.05) is 0 Å². The van der Waals surface area contributed by atoms with Crippen LogP contribution in [0, 0.1) is 0 Å². The van der Waals surface area contributed by atoms with E-state index in [0.717, 1.165) is 31.9 Å². The molecule has 0 spiro atoms. The van der Waals surface area contributed by atoms with Crippen LogP contribution in [0.5, 0.6) is 0 Å². The van der Waals surface area contributed by atoms with Gasteiger partial charge in [0.05, 0.1) is 11.4 Å². The van der Waals surface area contributed by atoms with E-state index in [1.807, 2.05) is 42.5 Å². The second kappa shape index (κ2) is 5.54. The van der Waals surface area contributed by atoms with E-state index < -0.39 is 5.97 Å². The number of hydrogen-bond acceptors (Lipinski definition) is 3. The second-order valence-electron chi connectivity index (χ2n) is 5.16. The van der Waals surface area contributed by atoms with Crippen molar-refractivity contribution >= 4 is 33.7 Å². The molecular weight excluding hydrogens is 376 g/mol. The van der Waals surface area contributed by atoms with Crippen LogP contribution >= 0.6 is 27.7 Å². The Kier molecular flexibility index (Phi) is 3.50. The molecule has 3 aromatic rings. The Morgan fingerprint density at radius 1 is 1.22 bits per heavy atom. The Hall–Kier alpha value is -2.05. The summed E-state index contributed by atoms with van der Waals surface area (Å²) in [6.45, 7) is 0. The summed E-state index contributed by atoms with van der Waals surface area (Å²) < 4.78 is 2.66. The number of rotatable bonds is 2. The van der Waals surface area contributed by atoms with Gasteiger partial charge >= 0.3 is 5.97 Å². The van der Waals surface area contributed by atoms with E-state index in [1.54, 1.807) is 16.4 Å². The Morgan fingerprint density at radius 2 is 2.04 bits per heavy atom. The first-order chi connectivity index (χ1) is 11.1. The van der Waals surface area contributed by atoms with Crippen molar-refractivity contribution in [3.05, 3.63) is 64.3 Å². The van der Waals surface area contributed by atoms with Crippen LogP contribution in [-0.2, 0) is 5.75 Å². The van der Waals surface area contributed by atoms with Gasteiger partial charge in [-0.05, 0) is 24.3 Å². The Bertz CT molecular complexity index is 936. The molecule has 0 aliphatic carbocycles. The van der Waals surface area contributed by atoms with Gasteiger partial charge < -0.3 is 5.11 Å². The topological polar surface area (TPSA) is 55.1 Å². The first-order valence-electron chi connectivity index (χ1n) is 6.98. The lowest BCUT2D eigenvalue weighted by molar-refractivity contribution is 0.0689. The average Bonchev–Trinajstić information content (AvgIpc) is 2.95. The van der Waals surface area contributed by atoms with Gasteiger partial charge in [0.15, 0.2) is 5.69 Å². The number of fused-ring (bicyclic) bond motifs is 3. The van der Waals surface area contributed by atoms with Gasteiger partial charge in [-0.15, -0.1) is 11.8 Å². The number of aromatic carboxylic acids is 1. The van der Waals surface area contributed by atoms with Crippen LogP contribution < -0.4 is 0 Å². The molecule has 4 nitrogen and oxygen atoms in total. The highest BCUT2D eigenvalue weighted by Crippen LogP contribution is 2.43. The maximum Gasteiger partial charge on any atom is 0.356 e. The number of benzene rings is 2. The number of carbonyl (C=O) groups is 1. The fourth-order valence-electron chi connectivity index (χ4n) is 2.77. The van der Waals surface area contributed by atoms with E-state index in [4.69, 9.17) is 0 Å². The molecule has 1 aliphatic heterocycles. The number of carboxylic acids is 1. The third-order valence-corrected chi connectivity index (χ3v) is 5.35. The standard InChI is InChI=1S/C17H11BrN2O2S/c18-10-4-3-5-11(8-10)20-16-12-6-1-2-7-14(12)23-9-13(16)15(19-20)17(21)22/h1-8H,9H2,(H,21,22).